The van der Waals surface area contributed by atoms with Gasteiger partial charge in [-0.15, -0.1) is 0 Å². The maximum Gasteiger partial charge on any atom is 0.225 e. The van der Waals surface area contributed by atoms with E-state index in [4.69, 9.17) is 4.42 Å². The molecule has 1 amide bonds. The Hall–Kier alpha value is -2.83. The molecule has 1 fully saturated rings. The van der Waals surface area contributed by atoms with Gasteiger partial charge in [-0.2, -0.15) is 5.10 Å². The molecule has 1 unspecified atom stereocenters. The van der Waals surface area contributed by atoms with Crippen LogP contribution in [-0.2, 0) is 18.4 Å². The summed E-state index contributed by atoms with van der Waals surface area (Å²) in [6.07, 6.45) is 5.30. The molecule has 1 N–H and O–H groups in total. The normalized spacial score (nSPS) is 17.6. The second kappa shape index (κ2) is 6.82. The number of carbonyl (C=O) groups is 1. The van der Waals surface area contributed by atoms with Crippen LogP contribution in [-0.4, -0.2) is 33.8 Å². The minimum atomic E-state index is -0.0508. The summed E-state index contributed by atoms with van der Waals surface area (Å²) in [5.74, 6) is 1.70. The minimum absolute atomic E-state index is 0.0508. The third kappa shape index (κ3) is 3.05. The zero-order valence-corrected chi connectivity index (χ0v) is 15.1. The van der Waals surface area contributed by atoms with Gasteiger partial charge in [0.25, 0.3) is 0 Å². The van der Waals surface area contributed by atoms with Gasteiger partial charge in [0, 0.05) is 31.7 Å². The summed E-state index contributed by atoms with van der Waals surface area (Å²) in [6.45, 7) is 4.00. The van der Waals surface area contributed by atoms with E-state index in [2.05, 4.69) is 20.3 Å². The predicted octanol–water partition coefficient (Wildman–Crippen LogP) is 2.40. The molecule has 7 nitrogen and oxygen atoms in total. The Bertz CT molecular complexity index is 916. The molecule has 0 bridgehead atoms. The molecule has 26 heavy (non-hydrogen) atoms. The van der Waals surface area contributed by atoms with E-state index in [9.17, 15) is 4.79 Å². The molecule has 1 aliphatic heterocycles. The monoisotopic (exact) mass is 353 g/mol. The summed E-state index contributed by atoms with van der Waals surface area (Å²) in [5.41, 5.74) is 2.03. The lowest BCUT2D eigenvalue weighted by atomic mass is 9.97. The maximum absolute atomic E-state index is 12.6. The van der Waals surface area contributed by atoms with Crippen LogP contribution in [0.2, 0.25) is 0 Å². The molecule has 0 aromatic carbocycles. The summed E-state index contributed by atoms with van der Waals surface area (Å²) < 4.78 is 7.16. The van der Waals surface area contributed by atoms with E-state index in [0.29, 0.717) is 13.1 Å². The fraction of sp³-hybridized carbons (Fsp3) is 0.421. The average molecular weight is 353 g/mol. The quantitative estimate of drug-likeness (QED) is 0.779. The van der Waals surface area contributed by atoms with Crippen LogP contribution in [0, 0.1) is 12.8 Å². The molecule has 136 valence electrons. The topological polar surface area (TPSA) is 76.2 Å². The van der Waals surface area contributed by atoms with Crippen molar-refractivity contribution in [1.29, 1.82) is 0 Å². The smallest absolute Gasteiger partial charge is 0.225 e. The standard InChI is InChI=1S/C19H23N5O2/c1-13-16-7-8-20-18(17(16)23(2)22-13)24-9-3-5-14(12-24)19(25)21-11-15-6-4-10-26-15/h4,6-8,10,14H,3,5,9,11-12H2,1-2H3,(H,21,25). The largest absolute Gasteiger partial charge is 0.467 e. The molecule has 0 radical (unpaired) electrons. The van der Waals surface area contributed by atoms with Crippen molar-refractivity contribution >= 4 is 22.6 Å². The van der Waals surface area contributed by atoms with Crippen molar-refractivity contribution in [1.82, 2.24) is 20.1 Å². The van der Waals surface area contributed by atoms with Gasteiger partial charge in [-0.05, 0) is 38.0 Å². The van der Waals surface area contributed by atoms with E-state index >= 15 is 0 Å². The van der Waals surface area contributed by atoms with Crippen LogP contribution in [0.25, 0.3) is 10.9 Å². The first-order valence-electron chi connectivity index (χ1n) is 8.97. The van der Waals surface area contributed by atoms with E-state index in [-0.39, 0.29) is 11.8 Å². The number of rotatable bonds is 4. The second-order valence-corrected chi connectivity index (χ2v) is 6.82. The Morgan fingerprint density at radius 3 is 3.12 bits per heavy atom. The van der Waals surface area contributed by atoms with E-state index in [1.54, 1.807) is 6.26 Å². The van der Waals surface area contributed by atoms with Crippen LogP contribution in [0.4, 0.5) is 5.82 Å². The fourth-order valence-corrected chi connectivity index (χ4v) is 3.73. The zero-order valence-electron chi connectivity index (χ0n) is 15.1. The average Bonchev–Trinajstić information content (AvgIpc) is 3.28. The number of hydrogen-bond donors (Lipinski definition) is 1. The number of furan rings is 1. The highest BCUT2D eigenvalue weighted by molar-refractivity contribution is 5.91. The second-order valence-electron chi connectivity index (χ2n) is 6.82. The summed E-state index contributed by atoms with van der Waals surface area (Å²) in [6, 6.07) is 5.69. The molecule has 0 saturated carbocycles. The summed E-state index contributed by atoms with van der Waals surface area (Å²) in [5, 5.41) is 8.61. The Balaban J connectivity index is 1.51. The molecule has 3 aromatic heterocycles. The van der Waals surface area contributed by atoms with Gasteiger partial charge in [0.05, 0.1) is 24.4 Å². The van der Waals surface area contributed by atoms with Crippen LogP contribution >= 0.6 is 0 Å². The number of pyridine rings is 1. The number of piperidine rings is 1. The molecule has 0 spiro atoms. The Labute approximate surface area is 152 Å². The first-order valence-corrected chi connectivity index (χ1v) is 8.97. The number of carbonyl (C=O) groups excluding carboxylic acids is 1. The minimum Gasteiger partial charge on any atom is -0.467 e. The van der Waals surface area contributed by atoms with Gasteiger partial charge in [-0.1, -0.05) is 0 Å². The predicted molar refractivity (Wildman–Crippen MR) is 98.7 cm³/mol. The lowest BCUT2D eigenvalue weighted by Gasteiger charge is -2.33. The van der Waals surface area contributed by atoms with Crippen LogP contribution < -0.4 is 10.2 Å². The van der Waals surface area contributed by atoms with Gasteiger partial charge in [-0.3, -0.25) is 9.48 Å². The first kappa shape index (κ1) is 16.6. The van der Waals surface area contributed by atoms with E-state index in [1.807, 2.05) is 43.0 Å². The fourth-order valence-electron chi connectivity index (χ4n) is 3.73. The third-order valence-electron chi connectivity index (χ3n) is 5.03. The Morgan fingerprint density at radius 1 is 1.42 bits per heavy atom. The van der Waals surface area contributed by atoms with Crippen LogP contribution in [0.5, 0.6) is 0 Å². The van der Waals surface area contributed by atoms with Gasteiger partial charge in [0.1, 0.15) is 11.3 Å². The van der Waals surface area contributed by atoms with E-state index in [1.165, 1.54) is 0 Å². The van der Waals surface area contributed by atoms with Gasteiger partial charge in [-0.25, -0.2) is 4.98 Å². The van der Waals surface area contributed by atoms with Crippen molar-refractivity contribution in [3.63, 3.8) is 0 Å². The summed E-state index contributed by atoms with van der Waals surface area (Å²) >= 11 is 0. The maximum atomic E-state index is 12.6. The molecule has 1 aliphatic rings. The van der Waals surface area contributed by atoms with Gasteiger partial charge < -0.3 is 14.6 Å². The molecule has 4 rings (SSSR count). The van der Waals surface area contributed by atoms with Gasteiger partial charge in [0.2, 0.25) is 5.91 Å². The number of nitrogens with zero attached hydrogens (tertiary/aromatic N) is 4. The molecule has 1 atom stereocenters. The molecule has 1 saturated heterocycles. The molecule has 0 aliphatic carbocycles. The highest BCUT2D eigenvalue weighted by Crippen LogP contribution is 2.29. The van der Waals surface area contributed by atoms with Crippen molar-refractivity contribution < 1.29 is 9.21 Å². The van der Waals surface area contributed by atoms with E-state index in [0.717, 1.165) is 47.6 Å². The Kier molecular flexibility index (Phi) is 4.36. The van der Waals surface area contributed by atoms with Crippen molar-refractivity contribution in [3.05, 3.63) is 42.1 Å². The number of nitrogens with one attached hydrogen (secondary N) is 1. The number of anilines is 1. The van der Waals surface area contributed by atoms with Crippen molar-refractivity contribution in [2.75, 3.05) is 18.0 Å². The molecule has 4 heterocycles. The number of aromatic nitrogens is 3. The number of fused-ring (bicyclic) bond motifs is 1. The Morgan fingerprint density at radius 2 is 2.31 bits per heavy atom. The summed E-state index contributed by atoms with van der Waals surface area (Å²) in [4.78, 5) is 19.4. The first-order chi connectivity index (χ1) is 12.6. The molecule has 7 heteroatoms. The van der Waals surface area contributed by atoms with Crippen LogP contribution in [0.3, 0.4) is 0 Å². The molecule has 3 aromatic rings. The van der Waals surface area contributed by atoms with Crippen LogP contribution in [0.1, 0.15) is 24.3 Å². The lowest BCUT2D eigenvalue weighted by molar-refractivity contribution is -0.125. The van der Waals surface area contributed by atoms with Crippen molar-refractivity contribution in [2.45, 2.75) is 26.3 Å². The third-order valence-corrected chi connectivity index (χ3v) is 5.03. The van der Waals surface area contributed by atoms with Crippen molar-refractivity contribution in [3.8, 4) is 0 Å². The SMILES string of the molecule is Cc1nn(C)c2c(N3CCCC(C(=O)NCc4ccco4)C3)nccc12. The number of aryl methyl sites for hydroxylation is 2. The number of amides is 1. The zero-order chi connectivity index (χ0) is 18.1. The number of hydrogen-bond acceptors (Lipinski definition) is 5. The van der Waals surface area contributed by atoms with Crippen LogP contribution in [0.15, 0.2) is 35.1 Å². The molecular weight excluding hydrogens is 330 g/mol. The van der Waals surface area contributed by atoms with E-state index < -0.39 is 0 Å². The van der Waals surface area contributed by atoms with Gasteiger partial charge in [0.15, 0.2) is 5.82 Å². The highest BCUT2D eigenvalue weighted by atomic mass is 16.3. The van der Waals surface area contributed by atoms with Crippen molar-refractivity contribution in [2.24, 2.45) is 13.0 Å². The lowest BCUT2D eigenvalue weighted by Crippen LogP contribution is -2.43. The van der Waals surface area contributed by atoms with Gasteiger partial charge >= 0.3 is 0 Å². The highest BCUT2D eigenvalue weighted by Gasteiger charge is 2.28. The molecular formula is C19H23N5O2. The summed E-state index contributed by atoms with van der Waals surface area (Å²) in [7, 11) is 1.94.